The fourth-order valence-electron chi connectivity index (χ4n) is 2.02. The molecule has 0 aliphatic carbocycles. The Labute approximate surface area is 121 Å². The largest absolute Gasteiger partial charge is 0.390 e. The van der Waals surface area contributed by atoms with E-state index >= 15 is 0 Å². The summed E-state index contributed by atoms with van der Waals surface area (Å²) in [7, 11) is 0. The molecule has 0 unspecified atom stereocenters. The highest BCUT2D eigenvalue weighted by molar-refractivity contribution is 7.18. The molecule has 104 valence electrons. The Morgan fingerprint density at radius 1 is 1.25 bits per heavy atom. The quantitative estimate of drug-likeness (QED) is 0.850. The SMILES string of the molecule is CC(=O)c1sc(N)c(C(=O)NCc2ccccc2)c1C. The number of ketones is 1. The summed E-state index contributed by atoms with van der Waals surface area (Å²) >= 11 is 1.17. The molecule has 1 amide bonds. The number of benzene rings is 1. The predicted octanol–water partition coefficient (Wildman–Crippen LogP) is 2.77. The van der Waals surface area contributed by atoms with Gasteiger partial charge in [-0.25, -0.2) is 0 Å². The zero-order valence-electron chi connectivity index (χ0n) is 11.4. The van der Waals surface area contributed by atoms with Crippen LogP contribution in [0.1, 0.15) is 38.1 Å². The van der Waals surface area contributed by atoms with Crippen molar-refractivity contribution in [2.45, 2.75) is 20.4 Å². The Bertz CT molecular complexity index is 647. The van der Waals surface area contributed by atoms with Crippen LogP contribution in [0.2, 0.25) is 0 Å². The zero-order valence-corrected chi connectivity index (χ0v) is 12.2. The van der Waals surface area contributed by atoms with E-state index in [1.807, 2.05) is 30.3 Å². The number of hydrogen-bond donors (Lipinski definition) is 2. The Hall–Kier alpha value is -2.14. The second kappa shape index (κ2) is 5.88. The van der Waals surface area contributed by atoms with E-state index < -0.39 is 0 Å². The molecule has 0 radical (unpaired) electrons. The number of rotatable bonds is 4. The van der Waals surface area contributed by atoms with Gasteiger partial charge in [-0.15, -0.1) is 11.3 Å². The summed E-state index contributed by atoms with van der Waals surface area (Å²) in [5.74, 6) is -0.311. The molecule has 2 aromatic rings. The van der Waals surface area contributed by atoms with Crippen LogP contribution < -0.4 is 11.1 Å². The highest BCUT2D eigenvalue weighted by atomic mass is 32.1. The number of Topliss-reactive ketones (excluding diaryl/α,β-unsaturated/α-hetero) is 1. The molecule has 2 rings (SSSR count). The number of carbonyl (C=O) groups is 2. The molecule has 0 aliphatic heterocycles. The minimum Gasteiger partial charge on any atom is -0.390 e. The lowest BCUT2D eigenvalue weighted by Crippen LogP contribution is -2.24. The summed E-state index contributed by atoms with van der Waals surface area (Å²) in [6.45, 7) is 3.66. The van der Waals surface area contributed by atoms with Crippen LogP contribution in [-0.4, -0.2) is 11.7 Å². The monoisotopic (exact) mass is 288 g/mol. The van der Waals surface area contributed by atoms with Crippen LogP contribution in [0.15, 0.2) is 30.3 Å². The van der Waals surface area contributed by atoms with Crippen molar-refractivity contribution in [3.8, 4) is 0 Å². The van der Waals surface area contributed by atoms with E-state index in [0.29, 0.717) is 27.5 Å². The van der Waals surface area contributed by atoms with Crippen LogP contribution in [0.25, 0.3) is 0 Å². The third kappa shape index (κ3) is 2.88. The van der Waals surface area contributed by atoms with Crippen molar-refractivity contribution >= 4 is 28.0 Å². The summed E-state index contributed by atoms with van der Waals surface area (Å²) in [6.07, 6.45) is 0. The van der Waals surface area contributed by atoms with Crippen molar-refractivity contribution in [1.29, 1.82) is 0 Å². The van der Waals surface area contributed by atoms with Crippen molar-refractivity contribution in [2.24, 2.45) is 0 Å². The zero-order chi connectivity index (χ0) is 14.7. The molecule has 0 bridgehead atoms. The van der Waals surface area contributed by atoms with Crippen molar-refractivity contribution in [1.82, 2.24) is 5.32 Å². The van der Waals surface area contributed by atoms with Crippen LogP contribution in [0.5, 0.6) is 0 Å². The number of nitrogens with two attached hydrogens (primary N) is 1. The van der Waals surface area contributed by atoms with Gasteiger partial charge in [0.2, 0.25) is 0 Å². The molecule has 0 atom stereocenters. The lowest BCUT2D eigenvalue weighted by molar-refractivity contribution is 0.0951. The second-order valence-corrected chi connectivity index (χ2v) is 5.57. The molecular formula is C15H16N2O2S. The predicted molar refractivity (Wildman–Crippen MR) is 81.1 cm³/mol. The Kier molecular flexibility index (Phi) is 4.20. The van der Waals surface area contributed by atoms with Gasteiger partial charge in [0.05, 0.1) is 15.4 Å². The van der Waals surface area contributed by atoms with Crippen molar-refractivity contribution < 1.29 is 9.59 Å². The van der Waals surface area contributed by atoms with Gasteiger partial charge in [0.15, 0.2) is 5.78 Å². The third-order valence-corrected chi connectivity index (χ3v) is 4.24. The van der Waals surface area contributed by atoms with E-state index in [4.69, 9.17) is 5.73 Å². The van der Waals surface area contributed by atoms with Crippen molar-refractivity contribution in [3.63, 3.8) is 0 Å². The normalized spacial score (nSPS) is 10.3. The first-order chi connectivity index (χ1) is 9.50. The summed E-state index contributed by atoms with van der Waals surface area (Å²) < 4.78 is 0. The number of hydrogen-bond acceptors (Lipinski definition) is 4. The van der Waals surface area contributed by atoms with Gasteiger partial charge in [-0.3, -0.25) is 9.59 Å². The molecule has 4 nitrogen and oxygen atoms in total. The fraction of sp³-hybridized carbons (Fsp3) is 0.200. The molecule has 20 heavy (non-hydrogen) atoms. The van der Waals surface area contributed by atoms with Crippen LogP contribution in [0.3, 0.4) is 0 Å². The lowest BCUT2D eigenvalue weighted by Gasteiger charge is -2.06. The van der Waals surface area contributed by atoms with E-state index in [1.54, 1.807) is 6.92 Å². The first-order valence-corrected chi connectivity index (χ1v) is 7.04. The van der Waals surface area contributed by atoms with E-state index in [1.165, 1.54) is 18.3 Å². The molecular weight excluding hydrogens is 272 g/mol. The molecule has 5 heteroatoms. The average Bonchev–Trinajstić information content (AvgIpc) is 2.73. The fourth-order valence-corrected chi connectivity index (χ4v) is 2.99. The average molecular weight is 288 g/mol. The van der Waals surface area contributed by atoms with Gasteiger partial charge in [0.25, 0.3) is 5.91 Å². The Morgan fingerprint density at radius 3 is 2.45 bits per heavy atom. The number of amides is 1. The van der Waals surface area contributed by atoms with Gasteiger partial charge in [0, 0.05) is 6.54 Å². The number of nitrogen functional groups attached to an aromatic ring is 1. The van der Waals surface area contributed by atoms with E-state index in [0.717, 1.165) is 5.56 Å². The maximum Gasteiger partial charge on any atom is 0.254 e. The molecule has 0 aliphatic rings. The van der Waals surface area contributed by atoms with Crippen molar-refractivity contribution in [3.05, 3.63) is 51.9 Å². The van der Waals surface area contributed by atoms with Crippen LogP contribution in [-0.2, 0) is 6.54 Å². The van der Waals surface area contributed by atoms with Crippen LogP contribution in [0, 0.1) is 6.92 Å². The van der Waals surface area contributed by atoms with Crippen molar-refractivity contribution in [2.75, 3.05) is 5.73 Å². The van der Waals surface area contributed by atoms with Crippen LogP contribution >= 0.6 is 11.3 Å². The van der Waals surface area contributed by atoms with Gasteiger partial charge >= 0.3 is 0 Å². The summed E-state index contributed by atoms with van der Waals surface area (Å²) in [5.41, 5.74) is 7.94. The smallest absolute Gasteiger partial charge is 0.254 e. The summed E-state index contributed by atoms with van der Waals surface area (Å²) in [6, 6.07) is 9.63. The van der Waals surface area contributed by atoms with E-state index in [2.05, 4.69) is 5.32 Å². The van der Waals surface area contributed by atoms with Gasteiger partial charge in [-0.1, -0.05) is 30.3 Å². The first kappa shape index (κ1) is 14.3. The molecule has 1 aromatic carbocycles. The molecule has 0 spiro atoms. The highest BCUT2D eigenvalue weighted by Gasteiger charge is 2.21. The number of anilines is 1. The summed E-state index contributed by atoms with van der Waals surface area (Å²) in [4.78, 5) is 24.2. The number of carbonyl (C=O) groups excluding carboxylic acids is 2. The Balaban J connectivity index is 2.16. The van der Waals surface area contributed by atoms with E-state index in [9.17, 15) is 9.59 Å². The molecule has 1 heterocycles. The molecule has 1 aromatic heterocycles. The topological polar surface area (TPSA) is 72.2 Å². The molecule has 0 saturated carbocycles. The highest BCUT2D eigenvalue weighted by Crippen LogP contribution is 2.30. The van der Waals surface area contributed by atoms with Gasteiger partial charge < -0.3 is 11.1 Å². The first-order valence-electron chi connectivity index (χ1n) is 6.22. The van der Waals surface area contributed by atoms with E-state index in [-0.39, 0.29) is 11.7 Å². The number of thiophene rings is 1. The minimum absolute atomic E-state index is 0.0682. The minimum atomic E-state index is -0.243. The molecule has 0 fully saturated rings. The summed E-state index contributed by atoms with van der Waals surface area (Å²) in [5, 5.41) is 3.21. The maximum absolute atomic E-state index is 12.2. The Morgan fingerprint density at radius 2 is 1.90 bits per heavy atom. The maximum atomic E-state index is 12.2. The van der Waals surface area contributed by atoms with Gasteiger partial charge in [-0.05, 0) is 25.0 Å². The number of nitrogens with one attached hydrogen (secondary N) is 1. The lowest BCUT2D eigenvalue weighted by atomic mass is 10.1. The molecule has 0 saturated heterocycles. The van der Waals surface area contributed by atoms with Gasteiger partial charge in [0.1, 0.15) is 0 Å². The standard InChI is InChI=1S/C15H16N2O2S/c1-9-12(14(16)20-13(9)10(2)18)15(19)17-8-11-6-4-3-5-7-11/h3-7H,8,16H2,1-2H3,(H,17,19). The second-order valence-electron chi connectivity index (χ2n) is 4.52. The third-order valence-electron chi connectivity index (χ3n) is 3.02. The molecule has 3 N–H and O–H groups in total. The van der Waals surface area contributed by atoms with Gasteiger partial charge in [-0.2, -0.15) is 0 Å². The van der Waals surface area contributed by atoms with Crippen LogP contribution in [0.4, 0.5) is 5.00 Å².